The minimum Gasteiger partial charge on any atom is -0.507 e. The third kappa shape index (κ3) is 4.91. The fourth-order valence-electron chi connectivity index (χ4n) is 4.72. The van der Waals surface area contributed by atoms with Gasteiger partial charge in [0, 0.05) is 12.1 Å². The third-order valence-corrected chi connectivity index (χ3v) is 6.87. The molecule has 2 heterocycles. The number of rotatable bonds is 9. The van der Waals surface area contributed by atoms with Crippen molar-refractivity contribution in [1.82, 2.24) is 9.80 Å². The monoisotopic (exact) mass is 478 g/mol. The van der Waals surface area contributed by atoms with E-state index in [2.05, 4.69) is 32.6 Å². The van der Waals surface area contributed by atoms with Crippen LogP contribution in [0.3, 0.4) is 0 Å². The van der Waals surface area contributed by atoms with Gasteiger partial charge in [0.25, 0.3) is 11.7 Å². The summed E-state index contributed by atoms with van der Waals surface area (Å²) in [6, 6.07) is 12.3. The Balaban J connectivity index is 1.73. The lowest BCUT2D eigenvalue weighted by molar-refractivity contribution is -0.140. The van der Waals surface area contributed by atoms with Gasteiger partial charge >= 0.3 is 0 Å². The summed E-state index contributed by atoms with van der Waals surface area (Å²) in [4.78, 5) is 30.3. The Morgan fingerprint density at radius 3 is 2.40 bits per heavy atom. The van der Waals surface area contributed by atoms with E-state index in [9.17, 15) is 14.7 Å². The van der Waals surface area contributed by atoms with E-state index in [1.807, 2.05) is 24.3 Å². The predicted octanol–water partition coefficient (Wildman–Crippen LogP) is 4.69. The molecule has 0 radical (unpaired) electrons. The van der Waals surface area contributed by atoms with E-state index in [-0.39, 0.29) is 18.1 Å². The van der Waals surface area contributed by atoms with E-state index in [0.29, 0.717) is 29.5 Å². The first kappa shape index (κ1) is 24.8. The first-order valence-corrected chi connectivity index (χ1v) is 12.4. The van der Waals surface area contributed by atoms with Crippen molar-refractivity contribution in [2.75, 3.05) is 33.0 Å². The molecule has 35 heavy (non-hydrogen) atoms. The third-order valence-electron chi connectivity index (χ3n) is 6.87. The standard InChI is InChI=1S/C28H34N2O5/c1-5-29(6-2)14-7-15-30-25(20-10-8-19(9-11-20)18(3)4)24(27(32)28(30)33)26(31)21-12-13-22-23(16-21)35-17-34-22/h8-13,16,18,25,31H,5-7,14-15,17H2,1-4H3. The van der Waals surface area contributed by atoms with Crippen LogP contribution in [-0.4, -0.2) is 59.6 Å². The fraction of sp³-hybridized carbons (Fsp3) is 0.429. The molecule has 1 atom stereocenters. The highest BCUT2D eigenvalue weighted by Gasteiger charge is 2.45. The smallest absolute Gasteiger partial charge is 0.295 e. The molecule has 1 unspecified atom stereocenters. The van der Waals surface area contributed by atoms with Gasteiger partial charge in [-0.2, -0.15) is 0 Å². The number of ether oxygens (including phenoxy) is 2. The van der Waals surface area contributed by atoms with Crippen molar-refractivity contribution < 1.29 is 24.2 Å². The lowest BCUT2D eigenvalue weighted by Gasteiger charge is -2.27. The highest BCUT2D eigenvalue weighted by Crippen LogP contribution is 2.41. The summed E-state index contributed by atoms with van der Waals surface area (Å²) in [5, 5.41) is 11.3. The molecular formula is C28H34N2O5. The van der Waals surface area contributed by atoms with Gasteiger partial charge in [0.05, 0.1) is 11.6 Å². The maximum Gasteiger partial charge on any atom is 0.295 e. The Labute approximate surface area is 206 Å². The van der Waals surface area contributed by atoms with E-state index in [4.69, 9.17) is 9.47 Å². The van der Waals surface area contributed by atoms with Crippen molar-refractivity contribution in [1.29, 1.82) is 0 Å². The topological polar surface area (TPSA) is 79.3 Å². The van der Waals surface area contributed by atoms with E-state index >= 15 is 0 Å². The van der Waals surface area contributed by atoms with Crippen LogP contribution in [0.5, 0.6) is 11.5 Å². The molecule has 2 aliphatic heterocycles. The van der Waals surface area contributed by atoms with Gasteiger partial charge in [-0.05, 0) is 61.3 Å². The Morgan fingerprint density at radius 2 is 1.74 bits per heavy atom. The highest BCUT2D eigenvalue weighted by atomic mass is 16.7. The molecule has 2 aliphatic rings. The van der Waals surface area contributed by atoms with Crippen LogP contribution in [0, 0.1) is 0 Å². The molecule has 1 fully saturated rings. The van der Waals surface area contributed by atoms with Crippen LogP contribution >= 0.6 is 0 Å². The van der Waals surface area contributed by atoms with E-state index in [1.165, 1.54) is 5.56 Å². The molecule has 0 aromatic heterocycles. The minimum absolute atomic E-state index is 0.106. The number of carbonyl (C=O) groups excluding carboxylic acids is 2. The molecule has 0 spiro atoms. The molecule has 0 bridgehead atoms. The van der Waals surface area contributed by atoms with Crippen LogP contribution in [0.4, 0.5) is 0 Å². The number of carbonyl (C=O) groups is 2. The summed E-state index contributed by atoms with van der Waals surface area (Å²) < 4.78 is 10.8. The fourth-order valence-corrected chi connectivity index (χ4v) is 4.72. The number of likely N-dealkylation sites (tertiary alicyclic amines) is 1. The van der Waals surface area contributed by atoms with E-state index < -0.39 is 17.7 Å². The number of hydrogen-bond donors (Lipinski definition) is 1. The predicted molar refractivity (Wildman–Crippen MR) is 135 cm³/mol. The Kier molecular flexibility index (Phi) is 7.45. The average molecular weight is 479 g/mol. The maximum absolute atomic E-state index is 13.3. The Morgan fingerprint density at radius 1 is 1.06 bits per heavy atom. The second kappa shape index (κ2) is 10.5. The number of amides is 1. The van der Waals surface area contributed by atoms with Crippen molar-refractivity contribution in [3.8, 4) is 11.5 Å². The summed E-state index contributed by atoms with van der Waals surface area (Å²) >= 11 is 0. The summed E-state index contributed by atoms with van der Waals surface area (Å²) in [5.41, 5.74) is 2.50. The largest absolute Gasteiger partial charge is 0.507 e. The molecule has 1 amide bonds. The normalized spacial score (nSPS) is 18.8. The van der Waals surface area contributed by atoms with Crippen molar-refractivity contribution in [2.24, 2.45) is 0 Å². The van der Waals surface area contributed by atoms with Crippen LogP contribution in [0.25, 0.3) is 5.76 Å². The van der Waals surface area contributed by atoms with Gasteiger partial charge in [0.1, 0.15) is 5.76 Å². The second-order valence-corrected chi connectivity index (χ2v) is 9.26. The van der Waals surface area contributed by atoms with Crippen molar-refractivity contribution >= 4 is 17.4 Å². The summed E-state index contributed by atoms with van der Waals surface area (Å²) in [6.07, 6.45) is 0.735. The number of hydrogen-bond acceptors (Lipinski definition) is 6. The van der Waals surface area contributed by atoms with Gasteiger partial charge < -0.3 is 24.4 Å². The summed E-state index contributed by atoms with van der Waals surface area (Å²) in [5.74, 6) is -0.00535. The van der Waals surface area contributed by atoms with Crippen LogP contribution < -0.4 is 9.47 Å². The molecule has 7 heteroatoms. The lowest BCUT2D eigenvalue weighted by Crippen LogP contribution is -2.33. The first-order chi connectivity index (χ1) is 16.8. The van der Waals surface area contributed by atoms with Gasteiger partial charge in [0.2, 0.25) is 6.79 Å². The van der Waals surface area contributed by atoms with Crippen LogP contribution in [0.1, 0.15) is 62.8 Å². The number of nitrogens with zero attached hydrogens (tertiary/aromatic N) is 2. The maximum atomic E-state index is 13.3. The van der Waals surface area contributed by atoms with Crippen molar-refractivity contribution in [3.05, 3.63) is 64.7 Å². The van der Waals surface area contributed by atoms with Crippen LogP contribution in [-0.2, 0) is 9.59 Å². The molecule has 186 valence electrons. The first-order valence-electron chi connectivity index (χ1n) is 12.4. The second-order valence-electron chi connectivity index (χ2n) is 9.26. The zero-order valence-electron chi connectivity index (χ0n) is 20.9. The van der Waals surface area contributed by atoms with E-state index in [0.717, 1.165) is 31.6 Å². The van der Waals surface area contributed by atoms with Crippen LogP contribution in [0.15, 0.2) is 48.0 Å². The molecule has 1 saturated heterocycles. The van der Waals surface area contributed by atoms with E-state index in [1.54, 1.807) is 23.1 Å². The molecule has 0 aliphatic carbocycles. The van der Waals surface area contributed by atoms with Crippen molar-refractivity contribution in [2.45, 2.75) is 46.1 Å². The molecule has 0 saturated carbocycles. The van der Waals surface area contributed by atoms with Crippen molar-refractivity contribution in [3.63, 3.8) is 0 Å². The SMILES string of the molecule is CCN(CC)CCCN1C(=O)C(=O)C(=C(O)c2ccc3c(c2)OCO3)C1c1ccc(C(C)C)cc1. The lowest BCUT2D eigenvalue weighted by atomic mass is 9.93. The minimum atomic E-state index is -0.666. The van der Waals surface area contributed by atoms with Gasteiger partial charge in [-0.1, -0.05) is 52.0 Å². The number of ketones is 1. The Bertz CT molecular complexity index is 1120. The van der Waals surface area contributed by atoms with Crippen LogP contribution in [0.2, 0.25) is 0 Å². The highest BCUT2D eigenvalue weighted by molar-refractivity contribution is 6.46. The van der Waals surface area contributed by atoms with Gasteiger partial charge in [0.15, 0.2) is 11.5 Å². The number of fused-ring (bicyclic) bond motifs is 1. The molecular weight excluding hydrogens is 444 g/mol. The van der Waals surface area contributed by atoms with Gasteiger partial charge in [-0.25, -0.2) is 0 Å². The Hall–Kier alpha value is -3.32. The summed E-state index contributed by atoms with van der Waals surface area (Å²) in [7, 11) is 0. The molecule has 2 aromatic carbocycles. The number of benzene rings is 2. The summed E-state index contributed by atoms with van der Waals surface area (Å²) in [6.45, 7) is 11.7. The average Bonchev–Trinajstić information content (AvgIpc) is 3.44. The molecule has 4 rings (SSSR count). The molecule has 2 aromatic rings. The quantitative estimate of drug-likeness (QED) is 0.320. The molecule has 1 N–H and O–H groups in total. The molecule has 7 nitrogen and oxygen atoms in total. The number of aliphatic hydroxyl groups excluding tert-OH is 1. The van der Waals surface area contributed by atoms with Gasteiger partial charge in [-0.3, -0.25) is 9.59 Å². The zero-order chi connectivity index (χ0) is 25.1. The number of aliphatic hydroxyl groups is 1. The van der Waals surface area contributed by atoms with Gasteiger partial charge in [-0.15, -0.1) is 0 Å². The zero-order valence-corrected chi connectivity index (χ0v) is 20.9. The number of Topliss-reactive ketones (excluding diaryl/α,β-unsaturated/α-hetero) is 1.